The number of ether oxygens (including phenoxy) is 3. The van der Waals surface area contributed by atoms with Crippen LogP contribution in [0.3, 0.4) is 0 Å². The highest BCUT2D eigenvalue weighted by Gasteiger charge is 2.47. The number of carbonyl (C=O) groups is 2. The van der Waals surface area contributed by atoms with E-state index in [1.807, 2.05) is 51.1 Å². The Morgan fingerprint density at radius 1 is 1.17 bits per heavy atom. The number of methoxy groups -OCH3 is 1. The molecule has 7 nitrogen and oxygen atoms in total. The van der Waals surface area contributed by atoms with Gasteiger partial charge in [0.2, 0.25) is 0 Å². The fourth-order valence-corrected chi connectivity index (χ4v) is 4.82. The predicted octanol–water partition coefficient (Wildman–Crippen LogP) is 4.82. The lowest BCUT2D eigenvalue weighted by molar-refractivity contribution is -0.140. The summed E-state index contributed by atoms with van der Waals surface area (Å²) in [6.07, 6.45) is 1.62. The van der Waals surface area contributed by atoms with Crippen molar-refractivity contribution in [3.8, 4) is 11.5 Å². The Balaban J connectivity index is 1.82. The zero-order chi connectivity index (χ0) is 25.1. The fraction of sp³-hybridized carbons (Fsp3) is 0.429. The molecule has 7 heteroatoms. The lowest BCUT2D eigenvalue weighted by Crippen LogP contribution is -2.36. The summed E-state index contributed by atoms with van der Waals surface area (Å²) in [5, 5.41) is 11.4. The number of amides is 1. The third kappa shape index (κ3) is 4.91. The predicted molar refractivity (Wildman–Crippen MR) is 133 cm³/mol. The minimum Gasteiger partial charge on any atom is -0.507 e. The number of carbonyl (C=O) groups excluding carboxylic acids is 2. The quantitative estimate of drug-likeness (QED) is 0.332. The first kappa shape index (κ1) is 24.8. The zero-order valence-electron chi connectivity index (χ0n) is 20.7. The Morgan fingerprint density at radius 3 is 2.51 bits per heavy atom. The van der Waals surface area contributed by atoms with Crippen LogP contribution in [0.2, 0.25) is 0 Å². The van der Waals surface area contributed by atoms with Crippen molar-refractivity contribution in [1.82, 2.24) is 4.90 Å². The van der Waals surface area contributed by atoms with Gasteiger partial charge in [-0.1, -0.05) is 26.0 Å². The highest BCUT2D eigenvalue weighted by molar-refractivity contribution is 6.46. The lowest BCUT2D eigenvalue weighted by Gasteiger charge is -2.27. The molecule has 2 aliphatic heterocycles. The number of aliphatic hydroxyl groups excluding tert-OH is 1. The summed E-state index contributed by atoms with van der Waals surface area (Å²) in [5.74, 6) is 0.0329. The van der Waals surface area contributed by atoms with Crippen molar-refractivity contribution in [2.75, 3.05) is 26.9 Å². The molecule has 2 atom stereocenters. The van der Waals surface area contributed by atoms with Crippen LogP contribution in [0.15, 0.2) is 48.0 Å². The van der Waals surface area contributed by atoms with E-state index in [1.54, 1.807) is 19.2 Å². The number of benzene rings is 2. The van der Waals surface area contributed by atoms with Crippen molar-refractivity contribution in [3.63, 3.8) is 0 Å². The normalized spacial score (nSPS) is 21.7. The van der Waals surface area contributed by atoms with E-state index in [2.05, 4.69) is 0 Å². The molecule has 0 aliphatic carbocycles. The number of nitrogens with zero attached hydrogens (tertiary/aromatic N) is 1. The summed E-state index contributed by atoms with van der Waals surface area (Å²) in [5.41, 5.74) is 2.19. The van der Waals surface area contributed by atoms with E-state index in [0.29, 0.717) is 36.8 Å². The maximum atomic E-state index is 13.3. The third-order valence-corrected chi connectivity index (χ3v) is 6.60. The molecule has 0 radical (unpaired) electrons. The van der Waals surface area contributed by atoms with Crippen LogP contribution in [0.25, 0.3) is 5.76 Å². The van der Waals surface area contributed by atoms with Crippen LogP contribution in [0.5, 0.6) is 11.5 Å². The van der Waals surface area contributed by atoms with Gasteiger partial charge in [0.1, 0.15) is 17.3 Å². The van der Waals surface area contributed by atoms with Gasteiger partial charge in [0, 0.05) is 18.7 Å². The Bertz CT molecular complexity index is 1110. The highest BCUT2D eigenvalue weighted by atomic mass is 16.5. The van der Waals surface area contributed by atoms with Gasteiger partial charge in [-0.2, -0.15) is 0 Å². The summed E-state index contributed by atoms with van der Waals surface area (Å²) < 4.78 is 16.8. The van der Waals surface area contributed by atoms with Gasteiger partial charge in [-0.15, -0.1) is 0 Å². The molecule has 186 valence electrons. The molecule has 2 saturated heterocycles. The van der Waals surface area contributed by atoms with E-state index in [0.717, 1.165) is 24.0 Å². The largest absolute Gasteiger partial charge is 0.507 e. The van der Waals surface area contributed by atoms with E-state index >= 15 is 0 Å². The fourth-order valence-electron chi connectivity index (χ4n) is 4.82. The average Bonchev–Trinajstić information content (AvgIpc) is 3.46. The number of Topliss-reactive ketones (excluding diaryl/α,β-unsaturated/α-hetero) is 1. The van der Waals surface area contributed by atoms with Gasteiger partial charge in [0.05, 0.1) is 31.4 Å². The second-order valence-corrected chi connectivity index (χ2v) is 9.20. The minimum absolute atomic E-state index is 0.0806. The van der Waals surface area contributed by atoms with Gasteiger partial charge in [0.15, 0.2) is 0 Å². The molecule has 2 aliphatic rings. The Morgan fingerprint density at radius 2 is 1.91 bits per heavy atom. The van der Waals surface area contributed by atoms with E-state index in [9.17, 15) is 14.7 Å². The second-order valence-electron chi connectivity index (χ2n) is 9.20. The van der Waals surface area contributed by atoms with Crippen molar-refractivity contribution >= 4 is 17.4 Å². The number of likely N-dealkylation sites (tertiary alicyclic amines) is 1. The first-order valence-corrected chi connectivity index (χ1v) is 12.2. The van der Waals surface area contributed by atoms with Crippen molar-refractivity contribution in [2.45, 2.75) is 51.7 Å². The van der Waals surface area contributed by atoms with Crippen molar-refractivity contribution in [1.29, 1.82) is 0 Å². The van der Waals surface area contributed by atoms with Gasteiger partial charge < -0.3 is 24.2 Å². The second kappa shape index (κ2) is 10.5. The molecule has 1 N–H and O–H groups in total. The number of aliphatic hydroxyl groups is 1. The summed E-state index contributed by atoms with van der Waals surface area (Å²) in [7, 11) is 1.60. The molecule has 0 aromatic heterocycles. The van der Waals surface area contributed by atoms with Gasteiger partial charge in [0.25, 0.3) is 11.7 Å². The van der Waals surface area contributed by atoms with Crippen LogP contribution in [-0.2, 0) is 14.3 Å². The van der Waals surface area contributed by atoms with Crippen molar-refractivity contribution in [3.05, 3.63) is 64.7 Å². The number of ketones is 1. The molecule has 2 aromatic rings. The molecule has 2 heterocycles. The molecule has 2 unspecified atom stereocenters. The molecular weight excluding hydrogens is 446 g/mol. The number of hydrogen-bond donors (Lipinski definition) is 1. The maximum absolute atomic E-state index is 13.3. The minimum atomic E-state index is -0.723. The van der Waals surface area contributed by atoms with Gasteiger partial charge in [-0.25, -0.2) is 0 Å². The zero-order valence-corrected chi connectivity index (χ0v) is 20.7. The lowest BCUT2D eigenvalue weighted by atomic mass is 9.93. The van der Waals surface area contributed by atoms with Gasteiger partial charge >= 0.3 is 0 Å². The third-order valence-electron chi connectivity index (χ3n) is 6.60. The molecule has 4 rings (SSSR count). The summed E-state index contributed by atoms with van der Waals surface area (Å²) in [4.78, 5) is 28.0. The van der Waals surface area contributed by atoms with E-state index in [4.69, 9.17) is 14.2 Å². The van der Waals surface area contributed by atoms with Gasteiger partial charge in [-0.3, -0.25) is 9.59 Å². The van der Waals surface area contributed by atoms with Crippen LogP contribution in [-0.4, -0.2) is 54.7 Å². The van der Waals surface area contributed by atoms with Crippen LogP contribution in [0.4, 0.5) is 0 Å². The summed E-state index contributed by atoms with van der Waals surface area (Å²) in [6.45, 7) is 7.44. The van der Waals surface area contributed by atoms with E-state index in [1.165, 1.54) is 4.90 Å². The average molecular weight is 480 g/mol. The summed E-state index contributed by atoms with van der Waals surface area (Å²) in [6, 6.07) is 11.9. The molecule has 2 fully saturated rings. The first-order chi connectivity index (χ1) is 16.8. The number of hydrogen-bond acceptors (Lipinski definition) is 6. The van der Waals surface area contributed by atoms with E-state index in [-0.39, 0.29) is 23.4 Å². The smallest absolute Gasteiger partial charge is 0.295 e. The van der Waals surface area contributed by atoms with Crippen molar-refractivity contribution in [2.24, 2.45) is 0 Å². The molecule has 35 heavy (non-hydrogen) atoms. The SMILES string of the molecule is CCOc1ccc(C2/C(=C(/O)c3ccc(OC)c(C(C)C)c3)C(=O)C(=O)N2CC2CCCO2)cc1. The molecule has 2 aromatic carbocycles. The van der Waals surface area contributed by atoms with E-state index < -0.39 is 17.7 Å². The Labute approximate surface area is 206 Å². The molecule has 1 amide bonds. The Kier molecular flexibility index (Phi) is 7.45. The standard InChI is InChI=1S/C28H33NO6/c1-5-34-20-11-8-18(9-12-20)25-24(27(31)28(32)29(25)16-21-7-6-14-35-21)26(30)19-10-13-23(33-4)22(15-19)17(2)3/h8-13,15,17,21,25,30H,5-7,14,16H2,1-4H3/b26-24-. The molecule has 0 spiro atoms. The monoisotopic (exact) mass is 479 g/mol. The number of rotatable bonds is 8. The highest BCUT2D eigenvalue weighted by Crippen LogP contribution is 2.41. The molecule has 0 saturated carbocycles. The first-order valence-electron chi connectivity index (χ1n) is 12.2. The van der Waals surface area contributed by atoms with Crippen LogP contribution >= 0.6 is 0 Å². The van der Waals surface area contributed by atoms with Crippen molar-refractivity contribution < 1.29 is 28.9 Å². The van der Waals surface area contributed by atoms with Crippen LogP contribution < -0.4 is 9.47 Å². The van der Waals surface area contributed by atoms with Crippen LogP contribution in [0.1, 0.15) is 62.3 Å². The van der Waals surface area contributed by atoms with Crippen LogP contribution in [0, 0.1) is 0 Å². The summed E-state index contributed by atoms with van der Waals surface area (Å²) >= 11 is 0. The Hall–Kier alpha value is -3.32. The molecular formula is C28H33NO6. The maximum Gasteiger partial charge on any atom is 0.295 e. The topological polar surface area (TPSA) is 85.3 Å². The van der Waals surface area contributed by atoms with Gasteiger partial charge in [-0.05, 0) is 67.1 Å². The molecule has 0 bridgehead atoms.